The van der Waals surface area contributed by atoms with E-state index in [2.05, 4.69) is 10.0 Å². The van der Waals surface area contributed by atoms with Gasteiger partial charge in [-0.15, -0.1) is 0 Å². The minimum absolute atomic E-state index is 0.0644. The molecule has 2 N–H and O–H groups in total. The average molecular weight is 343 g/mol. The number of benzene rings is 1. The van der Waals surface area contributed by atoms with Gasteiger partial charge in [0.05, 0.1) is 11.5 Å². The van der Waals surface area contributed by atoms with Crippen LogP contribution in [0.25, 0.3) is 0 Å². The molecule has 0 saturated carbocycles. The van der Waals surface area contributed by atoms with Crippen molar-refractivity contribution in [3.05, 3.63) is 29.8 Å². The molecule has 0 atom stereocenters. The molecule has 0 aliphatic rings. The maximum absolute atomic E-state index is 12.1. The van der Waals surface area contributed by atoms with Crippen LogP contribution in [0, 0.1) is 0 Å². The molecule has 0 aliphatic heterocycles. The smallest absolute Gasteiger partial charge is 0.251 e. The number of rotatable bonds is 10. The maximum Gasteiger partial charge on any atom is 0.251 e. The van der Waals surface area contributed by atoms with Crippen molar-refractivity contribution in [3.63, 3.8) is 0 Å². The number of nitrogens with one attached hydrogen (secondary N) is 2. The second-order valence-electron chi connectivity index (χ2n) is 5.33. The van der Waals surface area contributed by atoms with Crippen LogP contribution >= 0.6 is 0 Å². The molecular weight excluding hydrogens is 318 g/mol. The van der Waals surface area contributed by atoms with Gasteiger partial charge in [-0.2, -0.15) is 0 Å². The summed E-state index contributed by atoms with van der Waals surface area (Å²) in [5, 5.41) is 2.78. The third kappa shape index (κ3) is 7.08. The quantitative estimate of drug-likeness (QED) is 0.596. The molecule has 1 amide bonds. The summed E-state index contributed by atoms with van der Waals surface area (Å²) in [4.78, 5) is 14.2. The monoisotopic (exact) mass is 343 g/mol. The van der Waals surface area contributed by atoms with Crippen molar-refractivity contribution in [2.24, 2.45) is 0 Å². The van der Waals surface area contributed by atoms with E-state index in [0.29, 0.717) is 12.1 Å². The lowest BCUT2D eigenvalue weighted by Crippen LogP contribution is -2.29. The van der Waals surface area contributed by atoms with Crippen molar-refractivity contribution < 1.29 is 17.9 Å². The Kier molecular flexibility index (Phi) is 8.18. The van der Waals surface area contributed by atoms with Crippen LogP contribution in [0.4, 0.5) is 0 Å². The van der Waals surface area contributed by atoms with Crippen LogP contribution in [0.1, 0.15) is 16.8 Å². The minimum atomic E-state index is -3.64. The fourth-order valence-electron chi connectivity index (χ4n) is 1.87. The molecule has 0 bridgehead atoms. The van der Waals surface area contributed by atoms with Crippen LogP contribution in [0.15, 0.2) is 29.2 Å². The van der Waals surface area contributed by atoms with Gasteiger partial charge in [0, 0.05) is 25.8 Å². The van der Waals surface area contributed by atoms with Gasteiger partial charge in [0.1, 0.15) is 0 Å². The molecule has 0 heterocycles. The molecule has 0 aliphatic carbocycles. The summed E-state index contributed by atoms with van der Waals surface area (Å²) < 4.78 is 31.5. The zero-order valence-corrected chi connectivity index (χ0v) is 14.6. The van der Waals surface area contributed by atoms with Crippen molar-refractivity contribution in [3.8, 4) is 0 Å². The summed E-state index contributed by atoms with van der Waals surface area (Å²) in [7, 11) is 1.78. The third-order valence-electron chi connectivity index (χ3n) is 3.07. The predicted octanol–water partition coefficient (Wildman–Crippen LogP) is 0.293. The van der Waals surface area contributed by atoms with Crippen LogP contribution in [0.3, 0.4) is 0 Å². The lowest BCUT2D eigenvalue weighted by Gasteiger charge is -2.11. The minimum Gasteiger partial charge on any atom is -0.383 e. The summed E-state index contributed by atoms with van der Waals surface area (Å²) in [5.74, 6) is -0.280. The molecule has 7 nitrogen and oxygen atoms in total. The number of carbonyl (C=O) groups excluding carboxylic acids is 1. The van der Waals surface area contributed by atoms with Gasteiger partial charge in [0.15, 0.2) is 0 Å². The van der Waals surface area contributed by atoms with E-state index in [-0.39, 0.29) is 24.0 Å². The van der Waals surface area contributed by atoms with Crippen molar-refractivity contribution in [2.75, 3.05) is 47.4 Å². The number of hydrogen-bond acceptors (Lipinski definition) is 5. The Labute approximate surface area is 138 Å². The van der Waals surface area contributed by atoms with Crippen LogP contribution in [-0.2, 0) is 14.8 Å². The van der Waals surface area contributed by atoms with Gasteiger partial charge in [-0.3, -0.25) is 4.79 Å². The van der Waals surface area contributed by atoms with Crippen LogP contribution in [-0.4, -0.2) is 66.7 Å². The highest BCUT2D eigenvalue weighted by atomic mass is 32.2. The highest BCUT2D eigenvalue weighted by Crippen LogP contribution is 2.11. The normalized spacial score (nSPS) is 11.7. The topological polar surface area (TPSA) is 87.7 Å². The first-order valence-electron chi connectivity index (χ1n) is 7.38. The zero-order valence-electron chi connectivity index (χ0n) is 13.8. The molecule has 0 spiro atoms. The average Bonchev–Trinajstić information content (AvgIpc) is 2.51. The molecule has 0 radical (unpaired) electrons. The summed E-state index contributed by atoms with van der Waals surface area (Å²) in [6.07, 6.45) is 0.829. The highest BCUT2D eigenvalue weighted by Gasteiger charge is 2.15. The molecule has 8 heteroatoms. The number of amides is 1. The van der Waals surface area contributed by atoms with Gasteiger partial charge in [-0.25, -0.2) is 13.1 Å². The third-order valence-corrected chi connectivity index (χ3v) is 4.53. The SMILES string of the molecule is COCCNS(=O)(=O)c1cccc(C(=O)NCCCN(C)C)c1. The number of methoxy groups -OCH3 is 1. The Morgan fingerprint density at radius 1 is 1.26 bits per heavy atom. The number of ether oxygens (including phenoxy) is 1. The Morgan fingerprint density at radius 2 is 2.00 bits per heavy atom. The van der Waals surface area contributed by atoms with Gasteiger partial charge in [0.25, 0.3) is 5.91 Å². The molecule has 0 fully saturated rings. The Hall–Kier alpha value is -1.48. The van der Waals surface area contributed by atoms with E-state index in [1.54, 1.807) is 12.1 Å². The van der Waals surface area contributed by atoms with E-state index >= 15 is 0 Å². The van der Waals surface area contributed by atoms with Gasteiger partial charge in [-0.1, -0.05) is 6.07 Å². The number of sulfonamides is 1. The molecule has 1 aromatic carbocycles. The van der Waals surface area contributed by atoms with E-state index in [1.165, 1.54) is 19.2 Å². The molecule has 23 heavy (non-hydrogen) atoms. The summed E-state index contributed by atoms with van der Waals surface area (Å²) in [6, 6.07) is 5.98. The molecule has 0 unspecified atom stereocenters. The molecule has 0 saturated heterocycles. The van der Waals surface area contributed by atoms with E-state index in [0.717, 1.165) is 13.0 Å². The molecule has 1 aromatic rings. The second kappa shape index (κ2) is 9.61. The van der Waals surface area contributed by atoms with E-state index in [4.69, 9.17) is 4.74 Å². The largest absolute Gasteiger partial charge is 0.383 e. The lowest BCUT2D eigenvalue weighted by molar-refractivity contribution is 0.0952. The lowest BCUT2D eigenvalue weighted by atomic mass is 10.2. The fourth-order valence-corrected chi connectivity index (χ4v) is 2.92. The maximum atomic E-state index is 12.1. The fraction of sp³-hybridized carbons (Fsp3) is 0.533. The van der Waals surface area contributed by atoms with Crippen LogP contribution in [0.5, 0.6) is 0 Å². The summed E-state index contributed by atoms with van der Waals surface area (Å²) in [5.41, 5.74) is 0.324. The Bertz CT molecular complexity index is 602. The van der Waals surface area contributed by atoms with Gasteiger partial charge >= 0.3 is 0 Å². The van der Waals surface area contributed by atoms with Gasteiger partial charge < -0.3 is 15.0 Å². The number of nitrogens with zero attached hydrogens (tertiary/aromatic N) is 1. The first kappa shape index (κ1) is 19.6. The van der Waals surface area contributed by atoms with Crippen molar-refractivity contribution >= 4 is 15.9 Å². The van der Waals surface area contributed by atoms with Crippen molar-refractivity contribution in [1.29, 1.82) is 0 Å². The first-order chi connectivity index (χ1) is 10.9. The highest BCUT2D eigenvalue weighted by molar-refractivity contribution is 7.89. The Morgan fingerprint density at radius 3 is 2.65 bits per heavy atom. The van der Waals surface area contributed by atoms with E-state index < -0.39 is 10.0 Å². The molecule has 1 rings (SSSR count). The van der Waals surface area contributed by atoms with Gasteiger partial charge in [0.2, 0.25) is 10.0 Å². The van der Waals surface area contributed by atoms with Crippen molar-refractivity contribution in [2.45, 2.75) is 11.3 Å². The van der Waals surface area contributed by atoms with E-state index in [1.807, 2.05) is 19.0 Å². The van der Waals surface area contributed by atoms with Gasteiger partial charge in [-0.05, 0) is 45.3 Å². The number of carbonyl (C=O) groups is 1. The molecule has 0 aromatic heterocycles. The van der Waals surface area contributed by atoms with Crippen LogP contribution < -0.4 is 10.0 Å². The second-order valence-corrected chi connectivity index (χ2v) is 7.10. The number of hydrogen-bond donors (Lipinski definition) is 2. The molecular formula is C15H25N3O4S. The first-order valence-corrected chi connectivity index (χ1v) is 8.86. The molecule has 130 valence electrons. The predicted molar refractivity (Wildman–Crippen MR) is 89.0 cm³/mol. The Balaban J connectivity index is 2.66. The van der Waals surface area contributed by atoms with Crippen molar-refractivity contribution in [1.82, 2.24) is 14.9 Å². The summed E-state index contributed by atoms with van der Waals surface area (Å²) in [6.45, 7) is 1.88. The van der Waals surface area contributed by atoms with E-state index in [9.17, 15) is 13.2 Å². The zero-order chi connectivity index (χ0) is 17.3. The van der Waals surface area contributed by atoms with Crippen LogP contribution in [0.2, 0.25) is 0 Å². The summed E-state index contributed by atoms with van der Waals surface area (Å²) >= 11 is 0. The standard InChI is InChI=1S/C15H25N3O4S/c1-18(2)10-5-8-16-15(19)13-6-4-7-14(12-13)23(20,21)17-9-11-22-3/h4,6-7,12,17H,5,8-11H2,1-3H3,(H,16,19).